The highest BCUT2D eigenvalue weighted by molar-refractivity contribution is 9.10. The number of hydrogen-bond donors (Lipinski definition) is 0. The van der Waals surface area contributed by atoms with E-state index in [1.54, 1.807) is 0 Å². The van der Waals surface area contributed by atoms with Crippen LogP contribution in [-0.2, 0) is 6.42 Å². The van der Waals surface area contributed by atoms with Crippen LogP contribution in [0.5, 0.6) is 0 Å². The van der Waals surface area contributed by atoms with Crippen molar-refractivity contribution < 1.29 is 4.79 Å². The number of aryl methyl sites for hydroxylation is 3. The van der Waals surface area contributed by atoms with Crippen LogP contribution in [0.1, 0.15) is 45.7 Å². The third kappa shape index (κ3) is 2.05. The Bertz CT molecular complexity index is 689. The molecule has 2 nitrogen and oxygen atoms in total. The Hall–Kier alpha value is -1.35. The van der Waals surface area contributed by atoms with Crippen LogP contribution in [0.15, 0.2) is 22.7 Å². The van der Waals surface area contributed by atoms with Crippen LogP contribution in [0.4, 0.5) is 0 Å². The van der Waals surface area contributed by atoms with E-state index in [2.05, 4.69) is 53.4 Å². The van der Waals surface area contributed by atoms with Crippen LogP contribution in [0.3, 0.4) is 0 Å². The molecule has 0 radical (unpaired) electrons. The molecule has 0 saturated heterocycles. The first-order chi connectivity index (χ1) is 9.49. The summed E-state index contributed by atoms with van der Waals surface area (Å²) in [6.45, 7) is 6.30. The summed E-state index contributed by atoms with van der Waals surface area (Å²) in [7, 11) is 0. The maximum absolute atomic E-state index is 12.0. The molecule has 1 aliphatic rings. The zero-order valence-electron chi connectivity index (χ0n) is 12.1. The van der Waals surface area contributed by atoms with Crippen LogP contribution in [0.25, 0.3) is 5.69 Å². The van der Waals surface area contributed by atoms with Crippen molar-refractivity contribution in [3.8, 4) is 5.69 Å². The van der Waals surface area contributed by atoms with Gasteiger partial charge in [0.1, 0.15) is 0 Å². The Morgan fingerprint density at radius 3 is 2.35 bits per heavy atom. The summed E-state index contributed by atoms with van der Waals surface area (Å²) >= 11 is 3.62. The van der Waals surface area contributed by atoms with Crippen LogP contribution in [0.2, 0.25) is 0 Å². The first-order valence-corrected chi connectivity index (χ1v) is 7.80. The molecule has 1 aliphatic carbocycles. The van der Waals surface area contributed by atoms with E-state index < -0.39 is 0 Å². The Balaban J connectivity index is 2.23. The Morgan fingerprint density at radius 2 is 1.70 bits per heavy atom. The second kappa shape index (κ2) is 4.88. The molecule has 0 unspecified atom stereocenters. The minimum absolute atomic E-state index is 0.290. The highest BCUT2D eigenvalue weighted by Gasteiger charge is 2.23. The van der Waals surface area contributed by atoms with Gasteiger partial charge in [0, 0.05) is 33.5 Å². The molecule has 0 bridgehead atoms. The van der Waals surface area contributed by atoms with E-state index in [-0.39, 0.29) is 0 Å². The first kappa shape index (κ1) is 13.6. The number of carbonyl (C=O) groups is 1. The van der Waals surface area contributed by atoms with Gasteiger partial charge in [-0.25, -0.2) is 0 Å². The van der Waals surface area contributed by atoms with Crippen LogP contribution in [0, 0.1) is 20.8 Å². The van der Waals surface area contributed by atoms with E-state index >= 15 is 0 Å². The van der Waals surface area contributed by atoms with E-state index in [4.69, 9.17) is 0 Å². The lowest BCUT2D eigenvalue weighted by atomic mass is 9.96. The van der Waals surface area contributed by atoms with Gasteiger partial charge < -0.3 is 4.57 Å². The number of benzene rings is 1. The molecule has 1 aromatic heterocycles. The summed E-state index contributed by atoms with van der Waals surface area (Å²) in [6, 6.07) is 6.41. The molecule has 1 aromatic carbocycles. The van der Waals surface area contributed by atoms with Gasteiger partial charge in [0.15, 0.2) is 5.78 Å². The van der Waals surface area contributed by atoms with E-state index in [9.17, 15) is 4.79 Å². The number of aromatic nitrogens is 1. The number of carbonyl (C=O) groups excluding carboxylic acids is 1. The molecule has 104 valence electrons. The lowest BCUT2D eigenvalue weighted by Gasteiger charge is -2.17. The van der Waals surface area contributed by atoms with E-state index in [1.165, 1.54) is 16.8 Å². The fourth-order valence-electron chi connectivity index (χ4n) is 3.14. The van der Waals surface area contributed by atoms with Crippen molar-refractivity contribution in [1.82, 2.24) is 4.57 Å². The standard InChI is InChI=1S/C17H18BrNO/c1-10-7-13(8-11(2)17(10)18)19-12(3)9-14-15(19)5-4-6-16(14)20/h7-9H,4-6H2,1-3H3. The molecule has 20 heavy (non-hydrogen) atoms. The summed E-state index contributed by atoms with van der Waals surface area (Å²) in [5.41, 5.74) is 6.86. The van der Waals surface area contributed by atoms with Crippen molar-refractivity contribution in [3.63, 3.8) is 0 Å². The molecule has 0 saturated carbocycles. The normalized spacial score (nSPS) is 14.5. The molecule has 3 rings (SSSR count). The van der Waals surface area contributed by atoms with Gasteiger partial charge in [0.05, 0.1) is 0 Å². The third-order valence-electron chi connectivity index (χ3n) is 4.08. The van der Waals surface area contributed by atoms with Crippen molar-refractivity contribution in [2.24, 2.45) is 0 Å². The van der Waals surface area contributed by atoms with Gasteiger partial charge in [-0.1, -0.05) is 15.9 Å². The molecule has 0 spiro atoms. The average Bonchev–Trinajstić information content (AvgIpc) is 2.73. The molecule has 2 aromatic rings. The predicted molar refractivity (Wildman–Crippen MR) is 84.9 cm³/mol. The molecule has 0 N–H and O–H groups in total. The minimum atomic E-state index is 0.290. The Kier molecular flexibility index (Phi) is 3.33. The fraction of sp³-hybridized carbons (Fsp3) is 0.353. The van der Waals surface area contributed by atoms with Crippen molar-refractivity contribution in [2.75, 3.05) is 0 Å². The summed E-state index contributed by atoms with van der Waals surface area (Å²) in [5, 5.41) is 0. The number of hydrogen-bond acceptors (Lipinski definition) is 1. The molecular formula is C17H18BrNO. The number of fused-ring (bicyclic) bond motifs is 1. The highest BCUT2D eigenvalue weighted by Crippen LogP contribution is 2.31. The zero-order valence-corrected chi connectivity index (χ0v) is 13.7. The van der Waals surface area contributed by atoms with Crippen molar-refractivity contribution >= 4 is 21.7 Å². The summed E-state index contributed by atoms with van der Waals surface area (Å²) in [5.74, 6) is 0.290. The number of halogens is 1. The predicted octanol–water partition coefficient (Wildman–Crippen LogP) is 4.68. The zero-order chi connectivity index (χ0) is 14.4. The fourth-order valence-corrected chi connectivity index (χ4v) is 3.37. The van der Waals surface area contributed by atoms with Gasteiger partial charge >= 0.3 is 0 Å². The molecule has 1 heterocycles. The first-order valence-electron chi connectivity index (χ1n) is 7.00. The van der Waals surface area contributed by atoms with E-state index in [1.807, 2.05) is 6.07 Å². The van der Waals surface area contributed by atoms with Crippen molar-refractivity contribution in [3.05, 3.63) is 50.8 Å². The van der Waals surface area contributed by atoms with Crippen molar-refractivity contribution in [1.29, 1.82) is 0 Å². The topological polar surface area (TPSA) is 22.0 Å². The number of ketones is 1. The van der Waals surface area contributed by atoms with Gasteiger partial charge in [-0.2, -0.15) is 0 Å². The maximum Gasteiger partial charge on any atom is 0.164 e. The van der Waals surface area contributed by atoms with Gasteiger partial charge in [-0.15, -0.1) is 0 Å². The smallest absolute Gasteiger partial charge is 0.164 e. The molecular weight excluding hydrogens is 314 g/mol. The number of Topliss-reactive ketones (excluding diaryl/α,β-unsaturated/α-hetero) is 1. The average molecular weight is 332 g/mol. The molecule has 3 heteroatoms. The largest absolute Gasteiger partial charge is 0.317 e. The monoisotopic (exact) mass is 331 g/mol. The second-order valence-corrected chi connectivity index (χ2v) is 6.44. The SMILES string of the molecule is Cc1cc(-n2c(C)cc3c2CCCC3=O)cc(C)c1Br. The lowest BCUT2D eigenvalue weighted by Crippen LogP contribution is -2.13. The molecule has 0 amide bonds. The minimum Gasteiger partial charge on any atom is -0.317 e. The van der Waals surface area contributed by atoms with Gasteiger partial charge in [0.2, 0.25) is 0 Å². The van der Waals surface area contributed by atoms with Crippen LogP contribution in [-0.4, -0.2) is 10.4 Å². The molecule has 0 aliphatic heterocycles. The quantitative estimate of drug-likeness (QED) is 0.743. The number of nitrogens with zero attached hydrogens (tertiary/aromatic N) is 1. The second-order valence-electron chi connectivity index (χ2n) is 5.65. The Labute approximate surface area is 127 Å². The van der Waals surface area contributed by atoms with Gasteiger partial charge in [-0.05, 0) is 62.9 Å². The van der Waals surface area contributed by atoms with Gasteiger partial charge in [0.25, 0.3) is 0 Å². The van der Waals surface area contributed by atoms with E-state index in [0.717, 1.165) is 34.3 Å². The molecule has 0 atom stereocenters. The highest BCUT2D eigenvalue weighted by atomic mass is 79.9. The lowest BCUT2D eigenvalue weighted by molar-refractivity contribution is 0.0972. The van der Waals surface area contributed by atoms with Crippen molar-refractivity contribution in [2.45, 2.75) is 40.0 Å². The van der Waals surface area contributed by atoms with Crippen LogP contribution < -0.4 is 0 Å². The Morgan fingerprint density at radius 1 is 1.05 bits per heavy atom. The van der Waals surface area contributed by atoms with Gasteiger partial charge in [-0.3, -0.25) is 4.79 Å². The summed E-state index contributed by atoms with van der Waals surface area (Å²) < 4.78 is 3.41. The summed E-state index contributed by atoms with van der Waals surface area (Å²) in [4.78, 5) is 12.0. The maximum atomic E-state index is 12.0. The van der Waals surface area contributed by atoms with Crippen LogP contribution >= 0.6 is 15.9 Å². The van der Waals surface area contributed by atoms with E-state index in [0.29, 0.717) is 12.2 Å². The number of rotatable bonds is 1. The third-order valence-corrected chi connectivity index (χ3v) is 5.33. The molecule has 0 fully saturated rings. The summed E-state index contributed by atoms with van der Waals surface area (Å²) in [6.07, 6.45) is 2.64.